The molecule has 0 aromatic heterocycles. The fourth-order valence-corrected chi connectivity index (χ4v) is 3.33. The highest BCUT2D eigenvalue weighted by atomic mass is 16.3. The van der Waals surface area contributed by atoms with E-state index < -0.39 is 0 Å². The Morgan fingerprint density at radius 1 is 0.769 bits per heavy atom. The van der Waals surface area contributed by atoms with Crippen LogP contribution in [0.5, 0.6) is 5.75 Å². The number of nitrogens with zero attached hydrogens (tertiary/aromatic N) is 1. The van der Waals surface area contributed by atoms with Crippen molar-refractivity contribution < 1.29 is 5.11 Å². The maximum atomic E-state index is 9.93. The largest absolute Gasteiger partial charge is 0.508 e. The van der Waals surface area contributed by atoms with Gasteiger partial charge in [-0.05, 0) is 61.0 Å². The molecular formula is C24H25NO. The molecule has 0 aliphatic heterocycles. The SMILES string of the molecule is C/C(CN(C)C)=C(/c1ccc(-c2ccccc2)cc1)c1cccc(O)c1. The van der Waals surface area contributed by atoms with E-state index in [4.69, 9.17) is 0 Å². The van der Waals surface area contributed by atoms with E-state index in [1.165, 1.54) is 22.3 Å². The van der Waals surface area contributed by atoms with Crippen LogP contribution in [0, 0.1) is 0 Å². The lowest BCUT2D eigenvalue weighted by Gasteiger charge is -2.17. The van der Waals surface area contributed by atoms with Crippen LogP contribution in [-0.4, -0.2) is 30.6 Å². The summed E-state index contributed by atoms with van der Waals surface area (Å²) in [6.07, 6.45) is 0. The van der Waals surface area contributed by atoms with Crippen LogP contribution in [-0.2, 0) is 0 Å². The highest BCUT2D eigenvalue weighted by molar-refractivity contribution is 5.83. The van der Waals surface area contributed by atoms with Crippen molar-refractivity contribution in [1.29, 1.82) is 0 Å². The molecule has 132 valence electrons. The summed E-state index contributed by atoms with van der Waals surface area (Å²) in [5.74, 6) is 0.290. The summed E-state index contributed by atoms with van der Waals surface area (Å²) in [6.45, 7) is 3.02. The van der Waals surface area contributed by atoms with Crippen molar-refractivity contribution in [2.45, 2.75) is 6.92 Å². The monoisotopic (exact) mass is 343 g/mol. The number of hydrogen-bond donors (Lipinski definition) is 1. The molecule has 0 unspecified atom stereocenters. The quantitative estimate of drug-likeness (QED) is 0.666. The van der Waals surface area contributed by atoms with Gasteiger partial charge in [0.25, 0.3) is 0 Å². The molecule has 0 saturated heterocycles. The van der Waals surface area contributed by atoms with Gasteiger partial charge in [0.15, 0.2) is 0 Å². The van der Waals surface area contributed by atoms with E-state index in [9.17, 15) is 5.11 Å². The van der Waals surface area contributed by atoms with Crippen molar-refractivity contribution in [2.24, 2.45) is 0 Å². The zero-order valence-corrected chi connectivity index (χ0v) is 15.6. The molecule has 3 rings (SSSR count). The number of aromatic hydroxyl groups is 1. The zero-order chi connectivity index (χ0) is 18.5. The summed E-state index contributed by atoms with van der Waals surface area (Å²) >= 11 is 0. The first-order valence-corrected chi connectivity index (χ1v) is 8.84. The first kappa shape index (κ1) is 18.0. The van der Waals surface area contributed by atoms with Gasteiger partial charge in [0.05, 0.1) is 0 Å². The van der Waals surface area contributed by atoms with Gasteiger partial charge in [-0.3, -0.25) is 0 Å². The molecule has 0 aliphatic rings. The number of benzene rings is 3. The van der Waals surface area contributed by atoms with E-state index in [0.29, 0.717) is 5.75 Å². The van der Waals surface area contributed by atoms with Crippen molar-refractivity contribution in [3.05, 3.63) is 95.6 Å². The third-order valence-corrected chi connectivity index (χ3v) is 4.40. The molecule has 3 aromatic carbocycles. The molecule has 2 heteroatoms. The Morgan fingerprint density at radius 3 is 2.04 bits per heavy atom. The van der Waals surface area contributed by atoms with E-state index in [2.05, 4.69) is 80.5 Å². The van der Waals surface area contributed by atoms with E-state index in [1.807, 2.05) is 18.2 Å². The molecule has 0 heterocycles. The van der Waals surface area contributed by atoms with E-state index in [-0.39, 0.29) is 0 Å². The van der Waals surface area contributed by atoms with Crippen LogP contribution >= 0.6 is 0 Å². The molecular weight excluding hydrogens is 318 g/mol. The van der Waals surface area contributed by atoms with Crippen LogP contribution in [0.3, 0.4) is 0 Å². The molecule has 0 bridgehead atoms. The lowest BCUT2D eigenvalue weighted by molar-refractivity contribution is 0.446. The van der Waals surface area contributed by atoms with Crippen LogP contribution in [0.15, 0.2) is 84.4 Å². The molecule has 1 N–H and O–H groups in total. The first-order valence-electron chi connectivity index (χ1n) is 8.84. The van der Waals surface area contributed by atoms with Crippen molar-refractivity contribution in [3.63, 3.8) is 0 Å². The van der Waals surface area contributed by atoms with Crippen molar-refractivity contribution in [2.75, 3.05) is 20.6 Å². The van der Waals surface area contributed by atoms with Gasteiger partial charge in [-0.25, -0.2) is 0 Å². The number of phenols is 1. The second-order valence-electron chi connectivity index (χ2n) is 6.89. The van der Waals surface area contributed by atoms with Crippen LogP contribution < -0.4 is 0 Å². The third-order valence-electron chi connectivity index (χ3n) is 4.40. The molecule has 0 fully saturated rings. The average Bonchev–Trinajstić information content (AvgIpc) is 2.63. The maximum Gasteiger partial charge on any atom is 0.116 e. The van der Waals surface area contributed by atoms with Crippen molar-refractivity contribution in [1.82, 2.24) is 4.90 Å². The summed E-state index contributed by atoms with van der Waals surface area (Å²) in [4.78, 5) is 2.16. The number of hydrogen-bond acceptors (Lipinski definition) is 2. The van der Waals surface area contributed by atoms with Gasteiger partial charge >= 0.3 is 0 Å². The lowest BCUT2D eigenvalue weighted by Crippen LogP contribution is -2.15. The molecule has 2 nitrogen and oxygen atoms in total. The molecule has 0 saturated carbocycles. The minimum Gasteiger partial charge on any atom is -0.508 e. The van der Waals surface area contributed by atoms with Crippen molar-refractivity contribution in [3.8, 4) is 16.9 Å². The molecule has 26 heavy (non-hydrogen) atoms. The number of phenolic OH excluding ortho intramolecular Hbond substituents is 1. The molecule has 0 aliphatic carbocycles. The fraction of sp³-hybridized carbons (Fsp3) is 0.167. The van der Waals surface area contributed by atoms with Crippen LogP contribution in [0.25, 0.3) is 16.7 Å². The van der Waals surface area contributed by atoms with Crippen LogP contribution in [0.4, 0.5) is 0 Å². The van der Waals surface area contributed by atoms with Gasteiger partial charge in [0.2, 0.25) is 0 Å². The molecule has 0 atom stereocenters. The second-order valence-corrected chi connectivity index (χ2v) is 6.89. The normalized spacial score (nSPS) is 12.2. The van der Waals surface area contributed by atoms with E-state index >= 15 is 0 Å². The minimum atomic E-state index is 0.290. The molecule has 0 spiro atoms. The molecule has 0 amide bonds. The first-order chi connectivity index (χ1) is 12.5. The lowest BCUT2D eigenvalue weighted by atomic mass is 9.92. The number of rotatable bonds is 5. The fourth-order valence-electron chi connectivity index (χ4n) is 3.33. The summed E-state index contributed by atoms with van der Waals surface area (Å²) in [7, 11) is 4.14. The average molecular weight is 343 g/mol. The third kappa shape index (κ3) is 4.22. The van der Waals surface area contributed by atoms with Crippen LogP contribution in [0.2, 0.25) is 0 Å². The van der Waals surface area contributed by atoms with Gasteiger partial charge in [0, 0.05) is 6.54 Å². The predicted molar refractivity (Wildman–Crippen MR) is 110 cm³/mol. The highest BCUT2D eigenvalue weighted by Gasteiger charge is 2.11. The summed E-state index contributed by atoms with van der Waals surface area (Å²) in [5, 5.41) is 9.93. The Labute approximate surface area is 156 Å². The predicted octanol–water partition coefficient (Wildman–Crippen LogP) is 5.44. The highest BCUT2D eigenvalue weighted by Crippen LogP contribution is 2.31. The smallest absolute Gasteiger partial charge is 0.116 e. The minimum absolute atomic E-state index is 0.290. The van der Waals surface area contributed by atoms with Crippen molar-refractivity contribution >= 4 is 5.57 Å². The zero-order valence-electron chi connectivity index (χ0n) is 15.6. The second kappa shape index (κ2) is 8.03. The Kier molecular flexibility index (Phi) is 5.55. The maximum absolute atomic E-state index is 9.93. The van der Waals surface area contributed by atoms with Gasteiger partial charge in [-0.2, -0.15) is 0 Å². The summed E-state index contributed by atoms with van der Waals surface area (Å²) in [6, 6.07) is 26.5. The Bertz CT molecular complexity index is 893. The van der Waals surface area contributed by atoms with Crippen LogP contribution in [0.1, 0.15) is 18.1 Å². The standard InChI is InChI=1S/C24H25NO/c1-18(17-25(2)3)24(22-10-7-11-23(26)16-22)21-14-12-20(13-15-21)19-8-5-4-6-9-19/h4-16,26H,17H2,1-3H3/b24-18+. The molecule has 3 aromatic rings. The summed E-state index contributed by atoms with van der Waals surface area (Å²) < 4.78 is 0. The Morgan fingerprint density at radius 2 is 1.42 bits per heavy atom. The Hall–Kier alpha value is -2.84. The van der Waals surface area contributed by atoms with E-state index in [1.54, 1.807) is 6.07 Å². The van der Waals surface area contributed by atoms with Gasteiger partial charge in [-0.15, -0.1) is 0 Å². The van der Waals surface area contributed by atoms with E-state index in [0.717, 1.165) is 17.7 Å². The number of likely N-dealkylation sites (N-methyl/N-ethyl adjacent to an activating group) is 1. The van der Waals surface area contributed by atoms with Gasteiger partial charge < -0.3 is 10.0 Å². The van der Waals surface area contributed by atoms with Gasteiger partial charge in [0.1, 0.15) is 5.75 Å². The Balaban J connectivity index is 2.05. The molecule has 0 radical (unpaired) electrons. The summed E-state index contributed by atoms with van der Waals surface area (Å²) in [5.41, 5.74) is 7.07. The van der Waals surface area contributed by atoms with Gasteiger partial charge in [-0.1, -0.05) is 72.3 Å². The topological polar surface area (TPSA) is 23.5 Å².